The Morgan fingerprint density at radius 2 is 1.31 bits per heavy atom. The van der Waals surface area contributed by atoms with Crippen molar-refractivity contribution in [2.24, 2.45) is 0 Å². The molecule has 21 heteroatoms. The first-order valence-corrected chi connectivity index (χ1v) is 21.0. The van der Waals surface area contributed by atoms with Crippen LogP contribution in [-0.2, 0) is 38.4 Å². The number of nitrogens with one attached hydrogen (secondary N) is 3. The largest absolute Gasteiger partial charge is 0.480 e. The predicted octanol–water partition coefficient (Wildman–Crippen LogP) is 2.53. The van der Waals surface area contributed by atoms with Crippen molar-refractivity contribution in [3.8, 4) is 23.0 Å². The van der Waals surface area contributed by atoms with Crippen LogP contribution in [0.2, 0.25) is 0 Å². The molecule has 20 nitrogen and oxygen atoms in total. The maximum Gasteiger partial charge on any atom is 0.327 e. The molecule has 0 saturated carbocycles. The van der Waals surface area contributed by atoms with Crippen molar-refractivity contribution in [1.82, 2.24) is 25.8 Å². The Bertz CT molecular complexity index is 2410. The minimum absolute atomic E-state index is 0.00222. The molecular weight excluding hydrogens is 871 g/mol. The smallest absolute Gasteiger partial charge is 0.327 e. The molecule has 5 rings (SSSR count). The Morgan fingerprint density at radius 3 is 1.86 bits per heavy atom. The summed E-state index contributed by atoms with van der Waals surface area (Å²) in [6, 6.07) is 12.5. The van der Waals surface area contributed by atoms with E-state index >= 15 is 0 Å². The molecule has 0 aromatic heterocycles. The van der Waals surface area contributed by atoms with Crippen LogP contribution in [0.15, 0.2) is 66.7 Å². The van der Waals surface area contributed by atoms with Gasteiger partial charge in [0.25, 0.3) is 11.8 Å². The number of carboxylic acid groups (broad SMARTS) is 1. The minimum atomic E-state index is -1.40. The molecule has 0 aliphatic carbocycles. The van der Waals surface area contributed by atoms with Gasteiger partial charge in [-0.3, -0.25) is 43.2 Å². The Kier molecular flexibility index (Phi) is 15.7. The quantitative estimate of drug-likeness (QED) is 0.0618. The number of rotatable bonds is 18. The van der Waals surface area contributed by atoms with E-state index in [1.807, 2.05) is 0 Å². The van der Waals surface area contributed by atoms with Crippen molar-refractivity contribution in [3.05, 3.63) is 83.4 Å². The zero-order valence-electron chi connectivity index (χ0n) is 36.2. The van der Waals surface area contributed by atoms with Gasteiger partial charge in [0.05, 0.1) is 17.7 Å². The summed E-state index contributed by atoms with van der Waals surface area (Å²) in [5.41, 5.74) is -0.0444. The van der Waals surface area contributed by atoms with E-state index in [9.17, 15) is 53.1 Å². The molecule has 344 valence electrons. The average Bonchev–Trinajstić information content (AvgIpc) is 3.49. The molecule has 2 saturated heterocycles. The molecule has 4 unspecified atom stereocenters. The van der Waals surface area contributed by atoms with Crippen molar-refractivity contribution in [3.63, 3.8) is 0 Å². The maximum atomic E-state index is 14.4. The fourth-order valence-corrected chi connectivity index (χ4v) is 8.83. The van der Waals surface area contributed by atoms with Gasteiger partial charge in [-0.15, -0.1) is 11.8 Å². The van der Waals surface area contributed by atoms with Gasteiger partial charge in [-0.2, -0.15) is 0 Å². The second kappa shape index (κ2) is 20.9. The van der Waals surface area contributed by atoms with Gasteiger partial charge in [-0.1, -0.05) is 42.5 Å². The Balaban J connectivity index is 1.36. The number of carbonyl (C=O) groups is 10. The summed E-state index contributed by atoms with van der Waals surface area (Å²) in [7, 11) is 0. The van der Waals surface area contributed by atoms with Gasteiger partial charge < -0.3 is 49.8 Å². The standard InChI is InChI=1S/C44H47N5O15S/c1-23(50)61-30-18-12-16-28(35(30)63-25(3)52)38(55)45-20-10-11-21-48(40(57)29-17-13-19-31(62-24(2)51)36(29)64-26(4)53)22-32(54)46-33(27-14-8-7-9-15-27)39(56)47-34-41(58)49-37(43(59)60)44(5,6)65-42(34)49/h7-9,12-19,33-34,37,42H,10-11,20-22H2,1-6H3,(H,45,55)(H,46,54)(H,47,56)(H,59,60). The Morgan fingerprint density at radius 1 is 0.754 bits per heavy atom. The third-order valence-electron chi connectivity index (χ3n) is 9.87. The summed E-state index contributed by atoms with van der Waals surface area (Å²) >= 11 is 1.23. The van der Waals surface area contributed by atoms with E-state index in [0.717, 1.165) is 32.6 Å². The van der Waals surface area contributed by atoms with E-state index in [4.69, 9.17) is 18.9 Å². The number of fused-ring (bicyclic) bond motifs is 1. The number of aliphatic carboxylic acids is 1. The van der Waals surface area contributed by atoms with Crippen LogP contribution in [0, 0.1) is 0 Å². The third-order valence-corrected chi connectivity index (χ3v) is 11.4. The molecule has 0 radical (unpaired) electrons. The molecule has 3 aromatic carbocycles. The van der Waals surface area contributed by atoms with Crippen LogP contribution in [0.1, 0.15) is 86.7 Å². The summed E-state index contributed by atoms with van der Waals surface area (Å²) in [5.74, 6) is -9.12. The first-order chi connectivity index (χ1) is 30.7. The lowest BCUT2D eigenvalue weighted by Crippen LogP contribution is -2.71. The van der Waals surface area contributed by atoms with Gasteiger partial charge in [0.2, 0.25) is 17.7 Å². The number of unbranched alkanes of at least 4 members (excludes halogenated alkanes) is 1. The van der Waals surface area contributed by atoms with Gasteiger partial charge in [0.1, 0.15) is 23.5 Å². The Labute approximate surface area is 376 Å². The molecule has 2 aliphatic heterocycles. The van der Waals surface area contributed by atoms with Crippen LogP contribution in [0.5, 0.6) is 23.0 Å². The molecule has 3 aromatic rings. The number of carbonyl (C=O) groups excluding carboxylic acids is 9. The molecule has 0 bridgehead atoms. The van der Waals surface area contributed by atoms with E-state index < -0.39 is 99.9 Å². The summed E-state index contributed by atoms with van der Waals surface area (Å²) < 4.78 is 19.9. The molecule has 4 atom stereocenters. The number of ether oxygens (including phenoxy) is 4. The monoisotopic (exact) mass is 917 g/mol. The zero-order chi connectivity index (χ0) is 47.7. The lowest BCUT2D eigenvalue weighted by Gasteiger charge is -2.44. The van der Waals surface area contributed by atoms with E-state index in [2.05, 4.69) is 16.0 Å². The van der Waals surface area contributed by atoms with Crippen molar-refractivity contribution in [2.75, 3.05) is 19.6 Å². The zero-order valence-corrected chi connectivity index (χ0v) is 37.0. The number of thioether (sulfide) groups is 1. The fourth-order valence-electron chi connectivity index (χ4n) is 7.20. The van der Waals surface area contributed by atoms with Gasteiger partial charge in [0.15, 0.2) is 23.0 Å². The van der Waals surface area contributed by atoms with Crippen molar-refractivity contribution in [1.29, 1.82) is 0 Å². The van der Waals surface area contributed by atoms with Gasteiger partial charge >= 0.3 is 29.8 Å². The van der Waals surface area contributed by atoms with Crippen molar-refractivity contribution < 1.29 is 72.0 Å². The van der Waals surface area contributed by atoms with Crippen LogP contribution in [0.4, 0.5) is 0 Å². The maximum absolute atomic E-state index is 14.4. The van der Waals surface area contributed by atoms with Gasteiger partial charge in [-0.05, 0) is 56.5 Å². The second-order valence-electron chi connectivity index (χ2n) is 15.3. The van der Waals surface area contributed by atoms with Gasteiger partial charge in [0, 0.05) is 45.5 Å². The lowest BCUT2D eigenvalue weighted by atomic mass is 9.95. The minimum Gasteiger partial charge on any atom is -0.480 e. The number of hydrogen-bond acceptors (Lipinski definition) is 15. The topological polar surface area (TPSA) is 270 Å². The summed E-state index contributed by atoms with van der Waals surface area (Å²) in [6.07, 6.45) is 0.347. The number of benzene rings is 3. The van der Waals surface area contributed by atoms with E-state index in [0.29, 0.717) is 5.56 Å². The number of carboxylic acids is 1. The van der Waals surface area contributed by atoms with E-state index in [1.165, 1.54) is 53.1 Å². The Hall–Kier alpha value is -7.29. The summed E-state index contributed by atoms with van der Waals surface area (Å²) in [5, 5.41) is 17.1. The highest BCUT2D eigenvalue weighted by atomic mass is 32.2. The second-order valence-corrected chi connectivity index (χ2v) is 17.1. The van der Waals surface area contributed by atoms with E-state index in [1.54, 1.807) is 44.2 Å². The number of esters is 4. The SMILES string of the molecule is CC(=O)Oc1cccc(C(=O)NCCCCN(CC(=O)NC(C(=O)NC2C(=O)N3C2SC(C)(C)C3C(=O)O)c2ccccc2)C(=O)c2cccc(OC(C)=O)c2OC(C)=O)c1OC(C)=O. The molecule has 4 N–H and O–H groups in total. The highest BCUT2D eigenvalue weighted by Crippen LogP contribution is 2.51. The number of amides is 5. The predicted molar refractivity (Wildman–Crippen MR) is 229 cm³/mol. The highest BCUT2D eigenvalue weighted by molar-refractivity contribution is 8.01. The number of β-lactam (4-membered cyclic amide) rings is 1. The molecular formula is C44H47N5O15S. The van der Waals surface area contributed by atoms with Gasteiger partial charge in [-0.25, -0.2) is 4.79 Å². The first-order valence-electron chi connectivity index (χ1n) is 20.1. The lowest BCUT2D eigenvalue weighted by molar-refractivity contribution is -0.161. The molecule has 2 heterocycles. The number of hydrogen-bond donors (Lipinski definition) is 4. The first kappa shape index (κ1) is 48.7. The molecule has 0 spiro atoms. The van der Waals surface area contributed by atoms with Crippen LogP contribution in [-0.4, -0.2) is 116 Å². The number of nitrogens with zero attached hydrogens (tertiary/aromatic N) is 2. The molecule has 2 aliphatic rings. The van der Waals surface area contributed by atoms with Crippen LogP contribution in [0.3, 0.4) is 0 Å². The molecule has 65 heavy (non-hydrogen) atoms. The van der Waals surface area contributed by atoms with E-state index in [-0.39, 0.29) is 54.3 Å². The normalized spacial score (nSPS) is 17.2. The molecule has 5 amide bonds. The van der Waals surface area contributed by atoms with Crippen molar-refractivity contribution >= 4 is 71.1 Å². The number of para-hydroxylation sites is 2. The van der Waals surface area contributed by atoms with Crippen molar-refractivity contribution in [2.45, 2.75) is 82.6 Å². The summed E-state index contributed by atoms with van der Waals surface area (Å²) in [6.45, 7) is 6.96. The molecule has 2 fully saturated rings. The highest BCUT2D eigenvalue weighted by Gasteiger charge is 2.64. The van der Waals surface area contributed by atoms with Crippen LogP contribution >= 0.6 is 11.8 Å². The average molecular weight is 918 g/mol. The van der Waals surface area contributed by atoms with Crippen LogP contribution < -0.4 is 34.9 Å². The third kappa shape index (κ3) is 11.8. The fraction of sp³-hybridized carbons (Fsp3) is 0.364. The summed E-state index contributed by atoms with van der Waals surface area (Å²) in [4.78, 5) is 131. The van der Waals surface area contributed by atoms with Crippen LogP contribution in [0.25, 0.3) is 0 Å².